The molecule has 33 heavy (non-hydrogen) atoms. The summed E-state index contributed by atoms with van der Waals surface area (Å²) >= 11 is 0. The minimum atomic E-state index is -4.72. The molecule has 0 saturated heterocycles. The molecule has 4 rings (SSSR count). The van der Waals surface area contributed by atoms with Gasteiger partial charge in [-0.2, -0.15) is 26.3 Å². The third kappa shape index (κ3) is 4.59. The summed E-state index contributed by atoms with van der Waals surface area (Å²) in [6.45, 7) is 0. The fourth-order valence-electron chi connectivity index (χ4n) is 3.02. The molecule has 6 nitrogen and oxygen atoms in total. The largest absolute Gasteiger partial charge is 0.418 e. The predicted octanol–water partition coefficient (Wildman–Crippen LogP) is 5.87. The summed E-state index contributed by atoms with van der Waals surface area (Å²) in [5, 5.41) is 10.4. The van der Waals surface area contributed by atoms with Crippen molar-refractivity contribution >= 4 is 28.8 Å². The van der Waals surface area contributed by atoms with Crippen molar-refractivity contribution in [3.63, 3.8) is 0 Å². The van der Waals surface area contributed by atoms with Crippen LogP contribution in [0.5, 0.6) is 0 Å². The molecule has 4 aromatic heterocycles. The van der Waals surface area contributed by atoms with Crippen LogP contribution in [0.15, 0.2) is 55.0 Å². The monoisotopic (exact) mass is 462 g/mol. The van der Waals surface area contributed by atoms with Crippen molar-refractivity contribution in [1.82, 2.24) is 19.9 Å². The summed E-state index contributed by atoms with van der Waals surface area (Å²) in [6.07, 6.45) is -5.32. The summed E-state index contributed by atoms with van der Waals surface area (Å²) in [5.74, 6) is 0.128. The molecule has 0 unspecified atom stereocenters. The topological polar surface area (TPSA) is 87.4 Å². The number of alkyl halides is 6. The molecular formula is C21H12F6N6. The molecule has 0 spiro atoms. The summed E-state index contributed by atoms with van der Waals surface area (Å²) in [6, 6.07) is 7.17. The Labute approximate surface area is 181 Å². The van der Waals surface area contributed by atoms with Crippen LogP contribution in [0, 0.1) is 5.41 Å². The second-order valence-electron chi connectivity index (χ2n) is 6.79. The smallest absolute Gasteiger partial charge is 0.340 e. The fraction of sp³-hybridized carbons (Fsp3) is 0.0952. The number of hydrogen-bond donors (Lipinski definition) is 2. The number of fused-ring (bicyclic) bond motifs is 1. The lowest BCUT2D eigenvalue weighted by Crippen LogP contribution is -2.10. The van der Waals surface area contributed by atoms with E-state index in [0.717, 1.165) is 30.6 Å². The number of pyridine rings is 4. The maximum Gasteiger partial charge on any atom is 0.418 e. The summed E-state index contributed by atoms with van der Waals surface area (Å²) in [4.78, 5) is 15.8. The van der Waals surface area contributed by atoms with E-state index in [1.165, 1.54) is 24.4 Å². The SMILES string of the molecule is N=Cc1cnc(-c2ccc3c(Nc4ccc(C(F)(F)F)cn4)ccnc3n2)c(C(F)(F)F)c1. The predicted molar refractivity (Wildman–Crippen MR) is 108 cm³/mol. The van der Waals surface area contributed by atoms with Gasteiger partial charge in [0.1, 0.15) is 11.5 Å². The van der Waals surface area contributed by atoms with Gasteiger partial charge in [-0.05, 0) is 36.4 Å². The molecule has 4 aromatic rings. The van der Waals surface area contributed by atoms with Crippen molar-refractivity contribution in [3.8, 4) is 11.4 Å². The van der Waals surface area contributed by atoms with Crippen LogP contribution in [0.25, 0.3) is 22.4 Å². The van der Waals surface area contributed by atoms with E-state index < -0.39 is 29.2 Å². The molecule has 0 aliphatic carbocycles. The van der Waals surface area contributed by atoms with Crippen LogP contribution in [-0.2, 0) is 12.4 Å². The zero-order valence-electron chi connectivity index (χ0n) is 16.3. The average molecular weight is 462 g/mol. The zero-order chi connectivity index (χ0) is 23.8. The zero-order valence-corrected chi connectivity index (χ0v) is 16.3. The molecule has 168 valence electrons. The fourth-order valence-corrected chi connectivity index (χ4v) is 3.02. The highest BCUT2D eigenvalue weighted by atomic mass is 19.4. The maximum atomic E-state index is 13.5. The van der Waals surface area contributed by atoms with Gasteiger partial charge >= 0.3 is 12.4 Å². The maximum absolute atomic E-state index is 13.5. The van der Waals surface area contributed by atoms with E-state index in [1.54, 1.807) is 0 Å². The first-order valence-corrected chi connectivity index (χ1v) is 9.20. The van der Waals surface area contributed by atoms with Gasteiger partial charge in [0, 0.05) is 35.8 Å². The lowest BCUT2D eigenvalue weighted by Gasteiger charge is -2.13. The second-order valence-corrected chi connectivity index (χ2v) is 6.79. The van der Waals surface area contributed by atoms with Crippen LogP contribution >= 0.6 is 0 Å². The van der Waals surface area contributed by atoms with Crippen molar-refractivity contribution in [1.29, 1.82) is 5.41 Å². The summed E-state index contributed by atoms with van der Waals surface area (Å²) < 4.78 is 78.7. The van der Waals surface area contributed by atoms with Crippen LogP contribution in [0.2, 0.25) is 0 Å². The van der Waals surface area contributed by atoms with E-state index in [-0.39, 0.29) is 22.7 Å². The molecule has 0 radical (unpaired) electrons. The number of nitrogens with zero attached hydrogens (tertiary/aromatic N) is 4. The van der Waals surface area contributed by atoms with Gasteiger partial charge in [-0.1, -0.05) is 0 Å². The molecule has 2 N–H and O–H groups in total. The molecule has 0 saturated carbocycles. The molecule has 0 aliphatic rings. The summed E-state index contributed by atoms with van der Waals surface area (Å²) in [7, 11) is 0. The van der Waals surface area contributed by atoms with Crippen molar-refractivity contribution in [2.75, 3.05) is 5.32 Å². The molecule has 0 aliphatic heterocycles. The standard InChI is InChI=1S/C21H12F6N6/c22-20(23,24)12-1-4-17(30-10-12)32-15-5-6-29-19-13(15)2-3-16(33-19)18-14(21(25,26)27)7-11(8-28)9-31-18/h1-10,28H,(H,29,30,32,33). The van der Waals surface area contributed by atoms with Gasteiger partial charge in [0.15, 0.2) is 5.65 Å². The number of rotatable bonds is 4. The molecular weight excluding hydrogens is 450 g/mol. The van der Waals surface area contributed by atoms with Crippen molar-refractivity contribution in [2.45, 2.75) is 12.4 Å². The molecule has 12 heteroatoms. The van der Waals surface area contributed by atoms with Crippen LogP contribution in [-0.4, -0.2) is 26.2 Å². The Morgan fingerprint density at radius 1 is 0.848 bits per heavy atom. The molecule has 0 aromatic carbocycles. The number of anilines is 2. The lowest BCUT2D eigenvalue weighted by atomic mass is 10.1. The van der Waals surface area contributed by atoms with Crippen LogP contribution in [0.4, 0.5) is 37.8 Å². The molecule has 0 atom stereocenters. The normalized spacial score (nSPS) is 12.1. The third-order valence-electron chi connectivity index (χ3n) is 4.58. The van der Waals surface area contributed by atoms with Gasteiger partial charge in [-0.3, -0.25) is 4.98 Å². The summed E-state index contributed by atoms with van der Waals surface area (Å²) in [5.41, 5.74) is -1.96. The number of nitrogens with one attached hydrogen (secondary N) is 2. The first kappa shape index (κ1) is 22.1. The lowest BCUT2D eigenvalue weighted by molar-refractivity contribution is -0.138. The van der Waals surface area contributed by atoms with E-state index in [4.69, 9.17) is 5.41 Å². The molecule has 0 bridgehead atoms. The van der Waals surface area contributed by atoms with Gasteiger partial charge in [-0.25, -0.2) is 15.0 Å². The van der Waals surface area contributed by atoms with Gasteiger partial charge in [0.25, 0.3) is 0 Å². The average Bonchev–Trinajstić information content (AvgIpc) is 2.77. The van der Waals surface area contributed by atoms with E-state index in [0.29, 0.717) is 17.3 Å². The Morgan fingerprint density at radius 3 is 2.27 bits per heavy atom. The quantitative estimate of drug-likeness (QED) is 0.293. The van der Waals surface area contributed by atoms with Crippen molar-refractivity contribution in [3.05, 3.63) is 71.7 Å². The van der Waals surface area contributed by atoms with Crippen LogP contribution < -0.4 is 5.32 Å². The van der Waals surface area contributed by atoms with E-state index in [9.17, 15) is 26.3 Å². The van der Waals surface area contributed by atoms with Crippen molar-refractivity contribution < 1.29 is 26.3 Å². The van der Waals surface area contributed by atoms with Crippen LogP contribution in [0.1, 0.15) is 16.7 Å². The first-order chi connectivity index (χ1) is 15.6. The molecule has 0 amide bonds. The Balaban J connectivity index is 1.72. The Morgan fingerprint density at radius 2 is 1.64 bits per heavy atom. The Hall–Kier alpha value is -4.09. The second kappa shape index (κ2) is 8.11. The Kier molecular flexibility index (Phi) is 5.44. The van der Waals surface area contributed by atoms with E-state index in [2.05, 4.69) is 25.3 Å². The molecule has 4 heterocycles. The van der Waals surface area contributed by atoms with Crippen LogP contribution in [0.3, 0.4) is 0 Å². The minimum absolute atomic E-state index is 0.0134. The highest BCUT2D eigenvalue weighted by molar-refractivity contribution is 5.91. The van der Waals surface area contributed by atoms with Gasteiger partial charge in [0.2, 0.25) is 0 Å². The Bertz CT molecular complexity index is 1330. The van der Waals surface area contributed by atoms with Gasteiger partial charge in [-0.15, -0.1) is 0 Å². The number of halogens is 6. The van der Waals surface area contributed by atoms with Gasteiger partial charge < -0.3 is 10.7 Å². The van der Waals surface area contributed by atoms with E-state index >= 15 is 0 Å². The minimum Gasteiger partial charge on any atom is -0.340 e. The third-order valence-corrected chi connectivity index (χ3v) is 4.58. The highest BCUT2D eigenvalue weighted by Gasteiger charge is 2.35. The van der Waals surface area contributed by atoms with Gasteiger partial charge in [0.05, 0.1) is 22.5 Å². The van der Waals surface area contributed by atoms with E-state index in [1.807, 2.05) is 0 Å². The van der Waals surface area contributed by atoms with Crippen molar-refractivity contribution in [2.24, 2.45) is 0 Å². The molecule has 0 fully saturated rings. The first-order valence-electron chi connectivity index (χ1n) is 9.20. The number of aromatic nitrogens is 4. The highest BCUT2D eigenvalue weighted by Crippen LogP contribution is 2.36. The number of hydrogen-bond acceptors (Lipinski definition) is 6.